The lowest BCUT2D eigenvalue weighted by atomic mass is 9.72. The second kappa shape index (κ2) is 4.80. The number of allylic oxidation sites excluding steroid dienone is 1. The van der Waals surface area contributed by atoms with E-state index in [0.717, 1.165) is 6.42 Å². The first-order valence-electron chi connectivity index (χ1n) is 4.75. The van der Waals surface area contributed by atoms with Crippen molar-refractivity contribution in [3.05, 3.63) is 11.6 Å². The third-order valence-electron chi connectivity index (χ3n) is 2.51. The molecule has 0 aliphatic heterocycles. The van der Waals surface area contributed by atoms with Gasteiger partial charge in [-0.25, -0.2) is 0 Å². The number of aliphatic carboxylic acids is 1. The zero-order valence-electron chi connectivity index (χ0n) is 9.16. The predicted octanol–water partition coefficient (Wildman–Crippen LogP) is 2.59. The van der Waals surface area contributed by atoms with Gasteiger partial charge in [-0.1, -0.05) is 26.8 Å². The smallest absolute Gasteiger partial charge is 0.328 e. The summed E-state index contributed by atoms with van der Waals surface area (Å²) in [5, 5.41) is 18.2. The molecule has 0 aromatic heterocycles. The van der Waals surface area contributed by atoms with Crippen LogP contribution in [0.4, 0.5) is 0 Å². The molecule has 0 heterocycles. The van der Waals surface area contributed by atoms with E-state index >= 15 is 0 Å². The van der Waals surface area contributed by atoms with Crippen molar-refractivity contribution >= 4 is 5.97 Å². The molecule has 0 aliphatic rings. The molecule has 0 aliphatic carbocycles. The SMILES string of the molecule is CCC=C(C)C(C#N)(C(=O)O)C(C)C. The van der Waals surface area contributed by atoms with Crippen LogP contribution >= 0.6 is 0 Å². The van der Waals surface area contributed by atoms with E-state index in [-0.39, 0.29) is 5.92 Å². The highest BCUT2D eigenvalue weighted by Gasteiger charge is 2.43. The Morgan fingerprint density at radius 2 is 2.14 bits per heavy atom. The number of nitrogens with zero attached hydrogens (tertiary/aromatic N) is 1. The van der Waals surface area contributed by atoms with Gasteiger partial charge in [0.2, 0.25) is 0 Å². The maximum atomic E-state index is 11.1. The molecular weight excluding hydrogens is 178 g/mol. The van der Waals surface area contributed by atoms with Gasteiger partial charge in [-0.05, 0) is 24.8 Å². The summed E-state index contributed by atoms with van der Waals surface area (Å²) in [7, 11) is 0. The van der Waals surface area contributed by atoms with Crippen LogP contribution in [0, 0.1) is 22.7 Å². The normalized spacial score (nSPS) is 16.1. The summed E-state index contributed by atoms with van der Waals surface area (Å²) in [6, 6.07) is 1.93. The molecule has 0 saturated carbocycles. The van der Waals surface area contributed by atoms with Crippen LogP contribution in [-0.4, -0.2) is 11.1 Å². The maximum absolute atomic E-state index is 11.1. The number of hydrogen-bond acceptors (Lipinski definition) is 2. The van der Waals surface area contributed by atoms with Gasteiger partial charge in [-0.15, -0.1) is 0 Å². The van der Waals surface area contributed by atoms with Crippen molar-refractivity contribution in [3.63, 3.8) is 0 Å². The Kier molecular flexibility index (Phi) is 4.36. The lowest BCUT2D eigenvalue weighted by Crippen LogP contribution is -2.36. The quantitative estimate of drug-likeness (QED) is 0.701. The van der Waals surface area contributed by atoms with Crippen LogP contribution in [0.15, 0.2) is 11.6 Å². The standard InChI is InChI=1S/C11H17NO2/c1-5-6-9(4)11(7-12,8(2)3)10(13)14/h6,8H,5H2,1-4H3,(H,13,14). The van der Waals surface area contributed by atoms with Gasteiger partial charge in [0.05, 0.1) is 6.07 Å². The first kappa shape index (κ1) is 12.7. The van der Waals surface area contributed by atoms with Crippen molar-refractivity contribution in [3.8, 4) is 6.07 Å². The van der Waals surface area contributed by atoms with Gasteiger partial charge >= 0.3 is 5.97 Å². The Morgan fingerprint density at radius 3 is 2.36 bits per heavy atom. The van der Waals surface area contributed by atoms with Crippen molar-refractivity contribution in [2.24, 2.45) is 11.3 Å². The summed E-state index contributed by atoms with van der Waals surface area (Å²) >= 11 is 0. The Morgan fingerprint density at radius 1 is 1.64 bits per heavy atom. The summed E-state index contributed by atoms with van der Waals surface area (Å²) in [6.07, 6.45) is 2.55. The van der Waals surface area contributed by atoms with Crippen LogP contribution in [0.1, 0.15) is 34.1 Å². The fourth-order valence-corrected chi connectivity index (χ4v) is 1.60. The van der Waals surface area contributed by atoms with Crippen molar-refractivity contribution in [2.45, 2.75) is 34.1 Å². The van der Waals surface area contributed by atoms with Gasteiger partial charge in [0.1, 0.15) is 0 Å². The molecule has 1 atom stereocenters. The molecule has 3 nitrogen and oxygen atoms in total. The van der Waals surface area contributed by atoms with Crippen molar-refractivity contribution < 1.29 is 9.90 Å². The lowest BCUT2D eigenvalue weighted by Gasteiger charge is -2.26. The highest BCUT2D eigenvalue weighted by Crippen LogP contribution is 2.35. The molecule has 1 unspecified atom stereocenters. The fourth-order valence-electron chi connectivity index (χ4n) is 1.60. The predicted molar refractivity (Wildman–Crippen MR) is 54.6 cm³/mol. The third-order valence-corrected chi connectivity index (χ3v) is 2.51. The van der Waals surface area contributed by atoms with Gasteiger partial charge in [0.25, 0.3) is 0 Å². The molecule has 14 heavy (non-hydrogen) atoms. The van der Waals surface area contributed by atoms with E-state index in [1.165, 1.54) is 0 Å². The molecule has 0 fully saturated rings. The summed E-state index contributed by atoms with van der Waals surface area (Å²) in [5.74, 6) is -1.29. The van der Waals surface area contributed by atoms with Crippen molar-refractivity contribution in [1.29, 1.82) is 5.26 Å². The fraction of sp³-hybridized carbons (Fsp3) is 0.636. The summed E-state index contributed by atoms with van der Waals surface area (Å²) in [5.41, 5.74) is -0.735. The molecule has 0 saturated heterocycles. The van der Waals surface area contributed by atoms with E-state index in [0.29, 0.717) is 5.57 Å². The first-order valence-corrected chi connectivity index (χ1v) is 4.75. The minimum Gasteiger partial charge on any atom is -0.480 e. The van der Waals surface area contributed by atoms with Crippen LogP contribution in [0.25, 0.3) is 0 Å². The molecule has 78 valence electrons. The zero-order valence-corrected chi connectivity index (χ0v) is 9.16. The summed E-state index contributed by atoms with van der Waals surface area (Å²) in [4.78, 5) is 11.1. The number of nitriles is 1. The number of carboxylic acids is 1. The van der Waals surface area contributed by atoms with Crippen LogP contribution in [0.2, 0.25) is 0 Å². The Bertz CT molecular complexity index is 286. The van der Waals surface area contributed by atoms with Gasteiger partial charge in [0, 0.05) is 0 Å². The highest BCUT2D eigenvalue weighted by molar-refractivity contribution is 5.82. The first-order chi connectivity index (χ1) is 6.43. The molecule has 0 bridgehead atoms. The molecule has 0 rings (SSSR count). The number of carboxylic acid groups (broad SMARTS) is 1. The Balaban J connectivity index is 5.40. The number of rotatable bonds is 4. The maximum Gasteiger partial charge on any atom is 0.328 e. The van der Waals surface area contributed by atoms with E-state index in [2.05, 4.69) is 0 Å². The Hall–Kier alpha value is -1.30. The van der Waals surface area contributed by atoms with E-state index in [4.69, 9.17) is 10.4 Å². The van der Waals surface area contributed by atoms with Crippen molar-refractivity contribution in [1.82, 2.24) is 0 Å². The summed E-state index contributed by atoms with van der Waals surface area (Å²) in [6.45, 7) is 7.14. The average molecular weight is 195 g/mol. The van der Waals surface area contributed by atoms with Crippen LogP contribution in [0.3, 0.4) is 0 Å². The molecule has 0 aromatic carbocycles. The van der Waals surface area contributed by atoms with Gasteiger partial charge < -0.3 is 5.11 Å². The molecule has 0 amide bonds. The summed E-state index contributed by atoms with van der Waals surface area (Å²) < 4.78 is 0. The topological polar surface area (TPSA) is 61.1 Å². The van der Waals surface area contributed by atoms with Gasteiger partial charge in [-0.2, -0.15) is 5.26 Å². The lowest BCUT2D eigenvalue weighted by molar-refractivity contribution is -0.145. The van der Waals surface area contributed by atoms with Gasteiger partial charge in [0.15, 0.2) is 5.41 Å². The van der Waals surface area contributed by atoms with E-state index in [9.17, 15) is 4.79 Å². The third kappa shape index (κ3) is 1.95. The number of carbonyl (C=O) groups is 1. The molecule has 1 N–H and O–H groups in total. The van der Waals surface area contributed by atoms with Crippen LogP contribution in [0.5, 0.6) is 0 Å². The van der Waals surface area contributed by atoms with Crippen LogP contribution < -0.4 is 0 Å². The van der Waals surface area contributed by atoms with E-state index < -0.39 is 11.4 Å². The molecular formula is C11H17NO2. The largest absolute Gasteiger partial charge is 0.480 e. The minimum atomic E-state index is -1.37. The molecule has 0 spiro atoms. The number of hydrogen-bond donors (Lipinski definition) is 1. The van der Waals surface area contributed by atoms with Crippen molar-refractivity contribution in [2.75, 3.05) is 0 Å². The molecule has 0 radical (unpaired) electrons. The molecule has 3 heteroatoms. The highest BCUT2D eigenvalue weighted by atomic mass is 16.4. The van der Waals surface area contributed by atoms with E-state index in [1.54, 1.807) is 26.8 Å². The molecule has 0 aromatic rings. The average Bonchev–Trinajstić information content (AvgIpc) is 2.05. The minimum absolute atomic E-state index is 0.229. The zero-order chi connectivity index (χ0) is 11.4. The Labute approximate surface area is 85.0 Å². The van der Waals surface area contributed by atoms with E-state index in [1.807, 2.05) is 13.0 Å². The van der Waals surface area contributed by atoms with Gasteiger partial charge in [-0.3, -0.25) is 4.79 Å². The monoisotopic (exact) mass is 195 g/mol. The second-order valence-electron chi connectivity index (χ2n) is 3.68. The van der Waals surface area contributed by atoms with Crippen LogP contribution in [-0.2, 0) is 4.79 Å². The second-order valence-corrected chi connectivity index (χ2v) is 3.68.